The summed E-state index contributed by atoms with van der Waals surface area (Å²) >= 11 is 2.03. The third-order valence-corrected chi connectivity index (χ3v) is 5.77. The molecular formula is C19H35F5S. The molecule has 0 spiro atoms. The number of halogens is 5. The highest BCUT2D eigenvalue weighted by atomic mass is 32.2. The van der Waals surface area contributed by atoms with Crippen molar-refractivity contribution in [3.63, 3.8) is 0 Å². The van der Waals surface area contributed by atoms with Gasteiger partial charge < -0.3 is 0 Å². The molecule has 0 amide bonds. The zero-order valence-corrected chi connectivity index (χ0v) is 15.9. The van der Waals surface area contributed by atoms with Crippen LogP contribution in [0.3, 0.4) is 0 Å². The van der Waals surface area contributed by atoms with Crippen molar-refractivity contribution in [1.82, 2.24) is 0 Å². The molecule has 152 valence electrons. The summed E-state index contributed by atoms with van der Waals surface area (Å²) in [5.41, 5.74) is 0. The quantitative estimate of drug-likeness (QED) is 0.255. The van der Waals surface area contributed by atoms with E-state index in [2.05, 4.69) is 37.3 Å². The highest BCUT2D eigenvalue weighted by molar-refractivity contribution is 7.99. The van der Waals surface area contributed by atoms with E-state index < -0.39 is 0 Å². The molecule has 1 aliphatic rings. The fourth-order valence-corrected chi connectivity index (χ4v) is 4.39. The summed E-state index contributed by atoms with van der Waals surface area (Å²) in [5.74, 6) is 3.36. The van der Waals surface area contributed by atoms with E-state index in [1.165, 1.54) is 68.4 Å². The Morgan fingerprint density at radius 2 is 1.28 bits per heavy atom. The van der Waals surface area contributed by atoms with Crippen LogP contribution in [0.25, 0.3) is 0 Å². The minimum Gasteiger partial charge on any atom is -0.269 e. The first kappa shape index (κ1) is 31.9. The number of unbranched alkanes of at least 4 members (excludes halogenated alkanes) is 2. The summed E-state index contributed by atoms with van der Waals surface area (Å²) < 4.78 is 0. The summed E-state index contributed by atoms with van der Waals surface area (Å²) in [4.78, 5) is 1.43. The Bertz CT molecular complexity index is 356. The van der Waals surface area contributed by atoms with Crippen molar-refractivity contribution >= 4 is 11.8 Å². The Labute approximate surface area is 153 Å². The molecule has 6 heteroatoms. The maximum absolute atomic E-state index is 2.31. The molecule has 0 aliphatic heterocycles. The van der Waals surface area contributed by atoms with E-state index in [-0.39, 0.29) is 23.5 Å². The van der Waals surface area contributed by atoms with Crippen molar-refractivity contribution in [2.75, 3.05) is 5.75 Å². The SMILES string of the molecule is CCCCCC1CCC(CCSc2ccccc2)CC1.F.F.F.F.F. The molecule has 1 saturated carbocycles. The van der Waals surface area contributed by atoms with Gasteiger partial charge in [-0.05, 0) is 36.1 Å². The highest BCUT2D eigenvalue weighted by Gasteiger charge is 2.20. The second-order valence-corrected chi connectivity index (χ2v) is 7.50. The van der Waals surface area contributed by atoms with Crippen LogP contribution in [0, 0.1) is 11.8 Å². The molecule has 0 unspecified atom stereocenters. The van der Waals surface area contributed by atoms with Crippen molar-refractivity contribution < 1.29 is 23.5 Å². The lowest BCUT2D eigenvalue weighted by Crippen LogP contribution is -2.15. The summed E-state index contributed by atoms with van der Waals surface area (Å²) in [6.45, 7) is 2.31. The minimum absolute atomic E-state index is 0. The van der Waals surface area contributed by atoms with Crippen molar-refractivity contribution in [2.45, 2.75) is 69.6 Å². The van der Waals surface area contributed by atoms with Crippen molar-refractivity contribution in [1.29, 1.82) is 0 Å². The standard InChI is InChI=1S/C19H30S.5FH/c1-2-3-5-8-17-11-13-18(14-12-17)15-16-20-19-9-6-4-7-10-19;;;;;/h4,6-7,9-10,17-18H,2-3,5,8,11-16H2,1H3;5*1H. The number of thioether (sulfide) groups is 1. The van der Waals surface area contributed by atoms with Crippen molar-refractivity contribution in [3.8, 4) is 0 Å². The first-order valence-corrected chi connectivity index (χ1v) is 9.55. The van der Waals surface area contributed by atoms with Crippen LogP contribution >= 0.6 is 11.8 Å². The molecule has 0 aromatic heterocycles. The average molecular weight is 391 g/mol. The van der Waals surface area contributed by atoms with Gasteiger partial charge in [-0.3, -0.25) is 23.5 Å². The highest BCUT2D eigenvalue weighted by Crippen LogP contribution is 2.34. The molecule has 0 atom stereocenters. The summed E-state index contributed by atoms with van der Waals surface area (Å²) in [7, 11) is 0. The molecule has 1 aliphatic carbocycles. The monoisotopic (exact) mass is 390 g/mol. The molecule has 1 fully saturated rings. The number of rotatable bonds is 8. The molecule has 1 aromatic rings. The molecular weight excluding hydrogens is 355 g/mol. The predicted octanol–water partition coefficient (Wildman–Crippen LogP) is 7.32. The maximum atomic E-state index is 2.31. The topological polar surface area (TPSA) is 0 Å². The third-order valence-electron chi connectivity index (χ3n) is 4.72. The van der Waals surface area contributed by atoms with Gasteiger partial charge >= 0.3 is 0 Å². The molecule has 0 nitrogen and oxygen atoms in total. The Hall–Kier alpha value is -0.780. The lowest BCUT2D eigenvalue weighted by molar-refractivity contribution is 0.255. The van der Waals surface area contributed by atoms with Gasteiger partial charge in [-0.15, -0.1) is 11.8 Å². The van der Waals surface area contributed by atoms with Gasteiger partial charge in [-0.25, -0.2) is 0 Å². The van der Waals surface area contributed by atoms with E-state index in [1.54, 1.807) is 0 Å². The number of hydrogen-bond donors (Lipinski definition) is 0. The van der Waals surface area contributed by atoms with E-state index in [9.17, 15) is 0 Å². The van der Waals surface area contributed by atoms with Gasteiger partial charge in [0.05, 0.1) is 0 Å². The van der Waals surface area contributed by atoms with Crippen LogP contribution in [0.4, 0.5) is 23.5 Å². The summed E-state index contributed by atoms with van der Waals surface area (Å²) in [6.07, 6.45) is 13.2. The third kappa shape index (κ3) is 13.1. The minimum atomic E-state index is 0. The second kappa shape index (κ2) is 19.5. The predicted molar refractivity (Wildman–Crippen MR) is 104 cm³/mol. The van der Waals surface area contributed by atoms with Gasteiger partial charge in [0.2, 0.25) is 0 Å². The van der Waals surface area contributed by atoms with Crippen LogP contribution in [-0.2, 0) is 0 Å². The van der Waals surface area contributed by atoms with Gasteiger partial charge in [0.1, 0.15) is 0 Å². The first-order valence-electron chi connectivity index (χ1n) is 8.56. The van der Waals surface area contributed by atoms with Crippen molar-refractivity contribution in [3.05, 3.63) is 30.3 Å². The van der Waals surface area contributed by atoms with E-state index in [0.29, 0.717) is 0 Å². The van der Waals surface area contributed by atoms with E-state index in [0.717, 1.165) is 11.8 Å². The van der Waals surface area contributed by atoms with Gasteiger partial charge in [-0.2, -0.15) is 0 Å². The molecule has 1 aromatic carbocycles. The van der Waals surface area contributed by atoms with Crippen LogP contribution in [-0.4, -0.2) is 5.75 Å². The van der Waals surface area contributed by atoms with E-state index >= 15 is 0 Å². The smallest absolute Gasteiger partial charge is 0.00719 e. The number of benzene rings is 1. The summed E-state index contributed by atoms with van der Waals surface area (Å²) in [5, 5.41) is 0. The zero-order chi connectivity index (χ0) is 14.0. The fraction of sp³-hybridized carbons (Fsp3) is 0.684. The van der Waals surface area contributed by atoms with Gasteiger partial charge in [-0.1, -0.05) is 76.5 Å². The van der Waals surface area contributed by atoms with Crippen molar-refractivity contribution in [2.24, 2.45) is 11.8 Å². The van der Waals surface area contributed by atoms with Crippen LogP contribution in [0.1, 0.15) is 64.7 Å². The Kier molecular flexibility index (Phi) is 25.0. The van der Waals surface area contributed by atoms with Crippen LogP contribution < -0.4 is 0 Å². The Morgan fingerprint density at radius 1 is 0.760 bits per heavy atom. The lowest BCUT2D eigenvalue weighted by atomic mass is 9.79. The maximum Gasteiger partial charge on any atom is 0.00719 e. The molecule has 0 N–H and O–H groups in total. The molecule has 25 heavy (non-hydrogen) atoms. The Balaban J connectivity index is -0.000000441. The molecule has 2 rings (SSSR count). The first-order chi connectivity index (χ1) is 9.88. The zero-order valence-electron chi connectivity index (χ0n) is 15.1. The fourth-order valence-electron chi connectivity index (χ4n) is 3.35. The largest absolute Gasteiger partial charge is 0.269 e. The van der Waals surface area contributed by atoms with Gasteiger partial charge in [0.15, 0.2) is 0 Å². The second-order valence-electron chi connectivity index (χ2n) is 6.33. The normalized spacial score (nSPS) is 18.3. The van der Waals surface area contributed by atoms with Crippen LogP contribution in [0.2, 0.25) is 0 Å². The van der Waals surface area contributed by atoms with Gasteiger partial charge in [0, 0.05) is 4.90 Å². The van der Waals surface area contributed by atoms with E-state index in [4.69, 9.17) is 0 Å². The molecule has 0 bridgehead atoms. The molecule has 0 radical (unpaired) electrons. The van der Waals surface area contributed by atoms with Gasteiger partial charge in [0.25, 0.3) is 0 Å². The molecule has 0 heterocycles. The Morgan fingerprint density at radius 3 is 1.80 bits per heavy atom. The summed E-state index contributed by atoms with van der Waals surface area (Å²) in [6, 6.07) is 10.8. The molecule has 0 saturated heterocycles. The van der Waals surface area contributed by atoms with E-state index in [1.807, 2.05) is 11.8 Å². The number of hydrogen-bond acceptors (Lipinski definition) is 1. The van der Waals surface area contributed by atoms with Crippen LogP contribution in [0.15, 0.2) is 35.2 Å². The average Bonchev–Trinajstić information content (AvgIpc) is 2.50. The van der Waals surface area contributed by atoms with Crippen LogP contribution in [0.5, 0.6) is 0 Å². The lowest BCUT2D eigenvalue weighted by Gasteiger charge is -2.28.